The van der Waals surface area contributed by atoms with Gasteiger partial charge in [-0.25, -0.2) is 4.21 Å². The summed E-state index contributed by atoms with van der Waals surface area (Å²) in [6.45, 7) is 5.71. The van der Waals surface area contributed by atoms with Gasteiger partial charge in [0.05, 0.1) is 11.3 Å². The van der Waals surface area contributed by atoms with E-state index >= 15 is 0 Å². The second-order valence-corrected chi connectivity index (χ2v) is 0.996. The first-order valence-electron chi connectivity index (χ1n) is 1.98. The summed E-state index contributed by atoms with van der Waals surface area (Å²) in [7, 11) is 0. The molecule has 0 atom stereocenters. The second kappa shape index (κ2) is 20.7. The molecule has 2 heteroatoms. The van der Waals surface area contributed by atoms with E-state index < -0.39 is 0 Å². The van der Waals surface area contributed by atoms with Crippen LogP contribution in [0.4, 0.5) is 0 Å². The zero-order chi connectivity index (χ0) is 5.41. The highest BCUT2D eigenvalue weighted by atomic mass is 32.1. The Labute approximate surface area is 42.4 Å². The van der Waals surface area contributed by atoms with E-state index in [2.05, 4.69) is 0 Å². The van der Waals surface area contributed by atoms with E-state index in [-0.39, 0.29) is 0 Å². The minimum Gasteiger partial charge on any atom is -0.213 e. The average molecular weight is 106 g/mol. The van der Waals surface area contributed by atoms with Gasteiger partial charge in [0.25, 0.3) is 0 Å². The molecule has 0 aromatic heterocycles. The Morgan fingerprint density at radius 1 is 1.50 bits per heavy atom. The fourth-order valence-corrected chi connectivity index (χ4v) is 0. The van der Waals surface area contributed by atoms with Crippen molar-refractivity contribution < 1.29 is 4.21 Å². The van der Waals surface area contributed by atoms with Crippen molar-refractivity contribution in [3.63, 3.8) is 0 Å². The molecule has 0 saturated carbocycles. The normalized spacial score (nSPS) is 4.50. The fourth-order valence-electron chi connectivity index (χ4n) is 0. The molecule has 0 fully saturated rings. The van der Waals surface area contributed by atoms with Crippen molar-refractivity contribution in [3.05, 3.63) is 0 Å². The summed E-state index contributed by atoms with van der Waals surface area (Å²) in [6.07, 6.45) is 0. The molecule has 0 saturated heterocycles. The molecule has 0 bridgehead atoms. The number of hydrogen-bond acceptors (Lipinski definition) is 1. The standard InChI is InChI=1S/C2H4OS.C2H6/c1-2-4-3;1-2/h2H,1H3;1-2H3. The van der Waals surface area contributed by atoms with E-state index in [1.54, 1.807) is 6.92 Å². The molecule has 0 N–H and O–H groups in total. The van der Waals surface area contributed by atoms with Gasteiger partial charge in [-0.3, -0.25) is 0 Å². The van der Waals surface area contributed by atoms with Crippen molar-refractivity contribution in [3.8, 4) is 0 Å². The van der Waals surface area contributed by atoms with Gasteiger partial charge in [-0.05, 0) is 6.92 Å². The predicted octanol–water partition coefficient (Wildman–Crippen LogP) is 1.05. The highest BCUT2D eigenvalue weighted by Gasteiger charge is 1.31. The minimum absolute atomic E-state index is 0.481. The first-order valence-corrected chi connectivity index (χ1v) is 2.78. The largest absolute Gasteiger partial charge is 0.213 e. The first-order chi connectivity index (χ1) is 2.91. The summed E-state index contributed by atoms with van der Waals surface area (Å²) in [5.74, 6) is 0. The lowest BCUT2D eigenvalue weighted by atomic mass is 11.0. The maximum Gasteiger partial charge on any atom is 0.0838 e. The maximum absolute atomic E-state index is 9.16. The van der Waals surface area contributed by atoms with Gasteiger partial charge in [0.1, 0.15) is 0 Å². The number of rotatable bonds is 0. The van der Waals surface area contributed by atoms with Crippen molar-refractivity contribution in [2.75, 3.05) is 0 Å². The Morgan fingerprint density at radius 2 is 1.67 bits per heavy atom. The Bertz CT molecular complexity index is 45.5. The fraction of sp³-hybridized carbons (Fsp3) is 0.750. The molecule has 0 aliphatic rings. The van der Waals surface area contributed by atoms with Crippen LogP contribution < -0.4 is 0 Å². The zero-order valence-corrected chi connectivity index (χ0v) is 5.21. The van der Waals surface area contributed by atoms with Gasteiger partial charge in [-0.2, -0.15) is 0 Å². The van der Waals surface area contributed by atoms with E-state index in [4.69, 9.17) is 4.21 Å². The predicted molar refractivity (Wildman–Crippen MR) is 31.2 cm³/mol. The van der Waals surface area contributed by atoms with Crippen molar-refractivity contribution >= 4 is 16.6 Å². The summed E-state index contributed by atoms with van der Waals surface area (Å²) in [5, 5.41) is 1.49. The lowest BCUT2D eigenvalue weighted by Crippen LogP contribution is -1.43. The SMILES string of the molecule is CC.CC=S=O. The van der Waals surface area contributed by atoms with Crippen molar-refractivity contribution in [2.45, 2.75) is 20.8 Å². The molecule has 0 unspecified atom stereocenters. The highest BCUT2D eigenvalue weighted by Crippen LogP contribution is 1.22. The van der Waals surface area contributed by atoms with Gasteiger partial charge >= 0.3 is 0 Å². The van der Waals surface area contributed by atoms with E-state index in [1.807, 2.05) is 13.8 Å². The maximum atomic E-state index is 9.16. The van der Waals surface area contributed by atoms with Gasteiger partial charge in [0.15, 0.2) is 0 Å². The van der Waals surface area contributed by atoms with Crippen molar-refractivity contribution in [1.29, 1.82) is 0 Å². The molecule has 0 aromatic rings. The van der Waals surface area contributed by atoms with E-state index in [9.17, 15) is 0 Å². The van der Waals surface area contributed by atoms with Crippen LogP contribution in [0.5, 0.6) is 0 Å². The topological polar surface area (TPSA) is 17.1 Å². The molecule has 1 nitrogen and oxygen atoms in total. The van der Waals surface area contributed by atoms with Gasteiger partial charge in [0, 0.05) is 5.37 Å². The van der Waals surface area contributed by atoms with Crippen molar-refractivity contribution in [2.24, 2.45) is 0 Å². The molecular formula is C4H10OS. The Morgan fingerprint density at radius 3 is 1.67 bits per heavy atom. The molecule has 0 radical (unpaired) electrons. The second-order valence-electron chi connectivity index (χ2n) is 0.332. The van der Waals surface area contributed by atoms with E-state index in [0.29, 0.717) is 11.3 Å². The third kappa shape index (κ3) is 41.0. The van der Waals surface area contributed by atoms with Crippen molar-refractivity contribution in [1.82, 2.24) is 0 Å². The van der Waals surface area contributed by atoms with Crippen LogP contribution in [0.15, 0.2) is 0 Å². The van der Waals surface area contributed by atoms with Gasteiger partial charge in [-0.1, -0.05) is 13.8 Å². The van der Waals surface area contributed by atoms with Crippen LogP contribution in [0.25, 0.3) is 0 Å². The van der Waals surface area contributed by atoms with Crippen LogP contribution in [0.1, 0.15) is 20.8 Å². The van der Waals surface area contributed by atoms with Crippen LogP contribution in [0, 0.1) is 0 Å². The molecule has 0 heterocycles. The molecule has 0 spiro atoms. The number of hydrogen-bond donors (Lipinski definition) is 0. The highest BCUT2D eigenvalue weighted by molar-refractivity contribution is 7.64. The molecule has 0 aliphatic carbocycles. The minimum atomic E-state index is 0.481. The molecule has 6 heavy (non-hydrogen) atoms. The summed E-state index contributed by atoms with van der Waals surface area (Å²) >= 11 is 0.481. The lowest BCUT2D eigenvalue weighted by Gasteiger charge is -1.31. The molecule has 0 rings (SSSR count). The molecule has 0 aromatic carbocycles. The van der Waals surface area contributed by atoms with Crippen LogP contribution in [0.2, 0.25) is 0 Å². The lowest BCUT2D eigenvalue weighted by molar-refractivity contribution is 0.701. The van der Waals surface area contributed by atoms with Crippen LogP contribution >= 0.6 is 0 Å². The monoisotopic (exact) mass is 106 g/mol. The Kier molecular flexibility index (Phi) is 32.1. The average Bonchev–Trinajstić information content (AvgIpc) is 1.72. The van der Waals surface area contributed by atoms with Crippen LogP contribution in [-0.4, -0.2) is 9.58 Å². The van der Waals surface area contributed by atoms with Crippen LogP contribution in [-0.2, 0) is 11.3 Å². The molecular weight excluding hydrogens is 96.1 g/mol. The Balaban J connectivity index is 0. The smallest absolute Gasteiger partial charge is 0.0838 e. The summed E-state index contributed by atoms with van der Waals surface area (Å²) < 4.78 is 9.16. The third-order valence-corrected chi connectivity index (χ3v) is 0.289. The summed E-state index contributed by atoms with van der Waals surface area (Å²) in [4.78, 5) is 0. The van der Waals surface area contributed by atoms with Gasteiger partial charge in [-0.15, -0.1) is 0 Å². The van der Waals surface area contributed by atoms with E-state index in [0.717, 1.165) is 0 Å². The summed E-state index contributed by atoms with van der Waals surface area (Å²) in [5.41, 5.74) is 0. The quantitative estimate of drug-likeness (QED) is 0.422. The zero-order valence-electron chi connectivity index (χ0n) is 4.39. The van der Waals surface area contributed by atoms with E-state index in [1.165, 1.54) is 5.37 Å². The first kappa shape index (κ1) is 9.31. The molecule has 0 aliphatic heterocycles. The Hall–Kier alpha value is -0.110. The van der Waals surface area contributed by atoms with Gasteiger partial charge < -0.3 is 0 Å². The van der Waals surface area contributed by atoms with Gasteiger partial charge in [0.2, 0.25) is 0 Å². The summed E-state index contributed by atoms with van der Waals surface area (Å²) in [6, 6.07) is 0. The molecule has 38 valence electrons. The van der Waals surface area contributed by atoms with Crippen LogP contribution in [0.3, 0.4) is 0 Å². The third-order valence-electron chi connectivity index (χ3n) is 0.0962. The molecule has 0 amide bonds.